The molecular formula is C29H34O17. The first kappa shape index (κ1) is 33.6. The molecule has 1 aromatic heterocycles. The monoisotopic (exact) mass is 654 g/mol. The molecular weight excluding hydrogens is 620 g/mol. The van der Waals surface area contributed by atoms with Crippen molar-refractivity contribution in [3.63, 3.8) is 0 Å². The first-order valence-electron chi connectivity index (χ1n) is 14.1. The van der Waals surface area contributed by atoms with Crippen molar-refractivity contribution in [2.45, 2.75) is 68.3 Å². The normalized spacial score (nSPS) is 31.6. The molecule has 2 aliphatic heterocycles. The second-order valence-corrected chi connectivity index (χ2v) is 10.8. The van der Waals surface area contributed by atoms with Gasteiger partial charge in [0.25, 0.3) is 0 Å². The van der Waals surface area contributed by atoms with Gasteiger partial charge in [-0.3, -0.25) is 4.79 Å². The number of hydrogen-bond acceptors (Lipinski definition) is 17. The van der Waals surface area contributed by atoms with Crippen molar-refractivity contribution in [3.05, 3.63) is 40.6 Å². The summed E-state index contributed by atoms with van der Waals surface area (Å²) in [5.41, 5.74) is -1.23. The lowest BCUT2D eigenvalue weighted by Crippen LogP contribution is -2.61. The quantitative estimate of drug-likeness (QED) is 0.111. The Morgan fingerprint density at radius 1 is 0.783 bits per heavy atom. The Morgan fingerprint density at radius 3 is 2.17 bits per heavy atom. The molecule has 2 fully saturated rings. The van der Waals surface area contributed by atoms with Crippen LogP contribution in [0.15, 0.2) is 39.5 Å². The van der Waals surface area contributed by atoms with Gasteiger partial charge in [0, 0.05) is 17.7 Å². The summed E-state index contributed by atoms with van der Waals surface area (Å²) in [5, 5.41) is 101. The standard InChI is InChI=1S/C29H34O17/c1-10-19(34)22(37)24(39)28(43-10)42-9-17-20(35)23(38)25(40)29(45-17)46-27-21(36)18-15(33)7-12(41-5-4-30)8-16(18)44-26(27)11-2-3-13(31)14(32)6-11/h2-3,6-8,10,17,19-20,22-25,28-35,37-40H,4-5,9H2,1H3/t10-,17+,19-,20+,22+,23-,24+,25+,28+,29-/m0/s1. The summed E-state index contributed by atoms with van der Waals surface area (Å²) in [6.07, 6.45) is -16.2. The minimum atomic E-state index is -1.97. The predicted octanol–water partition coefficient (Wildman–Crippen LogP) is -2.02. The molecule has 252 valence electrons. The Hall–Kier alpha value is -3.75. The van der Waals surface area contributed by atoms with E-state index < -0.39 is 102 Å². The van der Waals surface area contributed by atoms with Gasteiger partial charge >= 0.3 is 0 Å². The second kappa shape index (κ2) is 13.5. The molecule has 0 aliphatic carbocycles. The average molecular weight is 655 g/mol. The van der Waals surface area contributed by atoms with Crippen molar-refractivity contribution in [2.75, 3.05) is 19.8 Å². The van der Waals surface area contributed by atoms with Crippen LogP contribution in [0.4, 0.5) is 0 Å². The summed E-state index contributed by atoms with van der Waals surface area (Å²) < 4.78 is 33.4. The van der Waals surface area contributed by atoms with E-state index in [1.807, 2.05) is 0 Å². The molecule has 5 rings (SSSR count). The molecule has 0 saturated carbocycles. The molecule has 46 heavy (non-hydrogen) atoms. The van der Waals surface area contributed by atoms with Crippen LogP contribution in [0.25, 0.3) is 22.3 Å². The fraction of sp³-hybridized carbons (Fsp3) is 0.483. The van der Waals surface area contributed by atoms with Crippen LogP contribution in [0.2, 0.25) is 0 Å². The Labute approximate surface area is 259 Å². The predicted molar refractivity (Wildman–Crippen MR) is 151 cm³/mol. The van der Waals surface area contributed by atoms with E-state index in [1.54, 1.807) is 0 Å². The average Bonchev–Trinajstić information content (AvgIpc) is 3.02. The fourth-order valence-corrected chi connectivity index (χ4v) is 5.07. The highest BCUT2D eigenvalue weighted by Gasteiger charge is 2.48. The Balaban J connectivity index is 1.49. The van der Waals surface area contributed by atoms with Crippen LogP contribution in [-0.4, -0.2) is 132 Å². The van der Waals surface area contributed by atoms with Crippen molar-refractivity contribution >= 4 is 11.0 Å². The molecule has 3 aromatic rings. The zero-order valence-electron chi connectivity index (χ0n) is 24.1. The smallest absolute Gasteiger partial charge is 0.239 e. The molecule has 17 heteroatoms. The third-order valence-electron chi connectivity index (χ3n) is 7.64. The minimum Gasteiger partial charge on any atom is -0.507 e. The SMILES string of the molecule is C[C@@H]1O[C@@H](OC[C@H]2O[C@@H](Oc3c(-c4ccc(O)c(O)c4)oc4cc(OCCO)cc(O)c4c3=O)[C@H](O)[C@@H](O)[C@@H]2O)[C@H](O)[C@H](O)[C@H]1O. The fourth-order valence-electron chi connectivity index (χ4n) is 5.07. The number of rotatable bonds is 9. The van der Waals surface area contributed by atoms with E-state index in [2.05, 4.69) is 0 Å². The molecule has 0 amide bonds. The van der Waals surface area contributed by atoms with Gasteiger partial charge in [0.1, 0.15) is 71.8 Å². The molecule has 0 bridgehead atoms. The van der Waals surface area contributed by atoms with Gasteiger partial charge in [-0.15, -0.1) is 0 Å². The molecule has 2 saturated heterocycles. The topological polar surface area (TPSA) is 279 Å². The van der Waals surface area contributed by atoms with E-state index in [1.165, 1.54) is 19.1 Å². The summed E-state index contributed by atoms with van der Waals surface area (Å²) in [7, 11) is 0. The maximum absolute atomic E-state index is 13.8. The highest BCUT2D eigenvalue weighted by Crippen LogP contribution is 2.39. The maximum atomic E-state index is 13.8. The first-order chi connectivity index (χ1) is 21.8. The third kappa shape index (κ3) is 6.42. The van der Waals surface area contributed by atoms with Crippen molar-refractivity contribution in [2.24, 2.45) is 0 Å². The van der Waals surface area contributed by atoms with Gasteiger partial charge in [0.2, 0.25) is 17.5 Å². The molecule has 3 heterocycles. The van der Waals surface area contributed by atoms with Crippen LogP contribution in [0.3, 0.4) is 0 Å². The number of fused-ring (bicyclic) bond motifs is 1. The van der Waals surface area contributed by atoms with Crippen LogP contribution in [0.1, 0.15) is 6.92 Å². The van der Waals surface area contributed by atoms with Gasteiger partial charge in [-0.1, -0.05) is 0 Å². The zero-order valence-corrected chi connectivity index (χ0v) is 24.1. The zero-order chi connectivity index (χ0) is 33.4. The van der Waals surface area contributed by atoms with E-state index in [4.69, 9.17) is 33.2 Å². The summed E-state index contributed by atoms with van der Waals surface area (Å²) in [5.74, 6) is -2.73. The van der Waals surface area contributed by atoms with Gasteiger partial charge in [-0.05, 0) is 25.1 Å². The highest BCUT2D eigenvalue weighted by molar-refractivity contribution is 5.88. The summed E-state index contributed by atoms with van der Waals surface area (Å²) >= 11 is 0. The van der Waals surface area contributed by atoms with Gasteiger partial charge in [-0.2, -0.15) is 0 Å². The molecule has 2 aliphatic rings. The second-order valence-electron chi connectivity index (χ2n) is 10.8. The lowest BCUT2D eigenvalue weighted by atomic mass is 9.98. The molecule has 10 N–H and O–H groups in total. The van der Waals surface area contributed by atoms with Crippen LogP contribution in [0, 0.1) is 0 Å². The van der Waals surface area contributed by atoms with E-state index in [-0.39, 0.29) is 35.9 Å². The number of hydrogen-bond donors (Lipinski definition) is 10. The molecule has 2 aromatic carbocycles. The molecule has 0 radical (unpaired) electrons. The molecule has 10 atom stereocenters. The number of aliphatic hydroxyl groups excluding tert-OH is 7. The highest BCUT2D eigenvalue weighted by atomic mass is 16.7. The lowest BCUT2D eigenvalue weighted by Gasteiger charge is -2.42. The number of phenolic OH excluding ortho intramolecular Hbond substituents is 3. The van der Waals surface area contributed by atoms with E-state index in [0.29, 0.717) is 0 Å². The van der Waals surface area contributed by atoms with Crippen molar-refractivity contribution < 1.29 is 79.2 Å². The van der Waals surface area contributed by atoms with E-state index in [9.17, 15) is 50.8 Å². The Bertz CT molecular complexity index is 1590. The largest absolute Gasteiger partial charge is 0.507 e. The van der Waals surface area contributed by atoms with Crippen LogP contribution in [0.5, 0.6) is 28.7 Å². The van der Waals surface area contributed by atoms with Crippen molar-refractivity contribution in [3.8, 4) is 40.1 Å². The van der Waals surface area contributed by atoms with Gasteiger partial charge in [-0.25, -0.2) is 0 Å². The van der Waals surface area contributed by atoms with Crippen molar-refractivity contribution in [1.29, 1.82) is 0 Å². The number of ether oxygens (including phenoxy) is 5. The number of benzene rings is 2. The third-order valence-corrected chi connectivity index (χ3v) is 7.64. The molecule has 0 spiro atoms. The maximum Gasteiger partial charge on any atom is 0.239 e. The first-order valence-corrected chi connectivity index (χ1v) is 14.1. The lowest BCUT2D eigenvalue weighted by molar-refractivity contribution is -0.318. The van der Waals surface area contributed by atoms with Crippen LogP contribution < -0.4 is 14.9 Å². The van der Waals surface area contributed by atoms with Crippen LogP contribution in [-0.2, 0) is 14.2 Å². The number of aromatic hydroxyl groups is 3. The van der Waals surface area contributed by atoms with Gasteiger partial charge < -0.3 is 79.2 Å². The minimum absolute atomic E-state index is 0.0189. The number of phenols is 3. The summed E-state index contributed by atoms with van der Waals surface area (Å²) in [6, 6.07) is 5.72. The molecule has 0 unspecified atom stereocenters. The van der Waals surface area contributed by atoms with Gasteiger partial charge in [0.15, 0.2) is 23.5 Å². The van der Waals surface area contributed by atoms with Crippen molar-refractivity contribution in [1.82, 2.24) is 0 Å². The van der Waals surface area contributed by atoms with Gasteiger partial charge in [0.05, 0.1) is 19.3 Å². The Morgan fingerprint density at radius 2 is 1.48 bits per heavy atom. The van der Waals surface area contributed by atoms with Crippen LogP contribution >= 0.6 is 0 Å². The summed E-state index contributed by atoms with van der Waals surface area (Å²) in [6.45, 7) is 0.332. The Kier molecular flexibility index (Phi) is 9.89. The van der Waals surface area contributed by atoms with E-state index >= 15 is 0 Å². The van der Waals surface area contributed by atoms with E-state index in [0.717, 1.165) is 18.2 Å². The summed E-state index contributed by atoms with van der Waals surface area (Å²) in [4.78, 5) is 13.8. The number of aliphatic hydroxyl groups is 7. The molecule has 17 nitrogen and oxygen atoms in total.